The van der Waals surface area contributed by atoms with Crippen molar-refractivity contribution in [2.45, 2.75) is 44.9 Å². The molecular weight excluding hydrogens is 439 g/mol. The summed E-state index contributed by atoms with van der Waals surface area (Å²) in [5.74, 6) is 2.32. The molecule has 1 saturated heterocycles. The molecule has 0 bridgehead atoms. The molecule has 0 aromatic carbocycles. The van der Waals surface area contributed by atoms with Crippen molar-refractivity contribution in [2.24, 2.45) is 4.99 Å². The SMILES string of the molecule is CCNC(=NCc1nc(C)c(C)o1)NCC1(SC)CCOCC1.I. The van der Waals surface area contributed by atoms with Crippen molar-refractivity contribution in [3.63, 3.8) is 0 Å². The molecule has 1 aliphatic heterocycles. The van der Waals surface area contributed by atoms with Crippen molar-refractivity contribution in [2.75, 3.05) is 32.6 Å². The minimum absolute atomic E-state index is 0. The van der Waals surface area contributed by atoms with Gasteiger partial charge in [0.25, 0.3) is 0 Å². The van der Waals surface area contributed by atoms with Crippen molar-refractivity contribution in [1.82, 2.24) is 15.6 Å². The molecule has 2 rings (SSSR count). The second-order valence-corrected chi connectivity index (χ2v) is 7.07. The Morgan fingerprint density at radius 1 is 1.29 bits per heavy atom. The van der Waals surface area contributed by atoms with Gasteiger partial charge in [-0.2, -0.15) is 11.8 Å². The highest BCUT2D eigenvalue weighted by Gasteiger charge is 2.31. The van der Waals surface area contributed by atoms with Crippen LogP contribution in [-0.4, -0.2) is 48.2 Å². The summed E-state index contributed by atoms with van der Waals surface area (Å²) in [6.07, 6.45) is 4.31. The average Bonchev–Trinajstić information content (AvgIpc) is 2.89. The second-order valence-electron chi connectivity index (χ2n) is 5.80. The van der Waals surface area contributed by atoms with E-state index in [1.54, 1.807) is 0 Å². The minimum atomic E-state index is 0. The summed E-state index contributed by atoms with van der Waals surface area (Å²) in [5, 5.41) is 6.75. The average molecular weight is 468 g/mol. The fraction of sp³-hybridized carbons (Fsp3) is 0.750. The molecule has 1 aromatic rings. The predicted molar refractivity (Wildman–Crippen MR) is 111 cm³/mol. The van der Waals surface area contributed by atoms with Crippen molar-refractivity contribution in [3.05, 3.63) is 17.3 Å². The van der Waals surface area contributed by atoms with Gasteiger partial charge in [-0.05, 0) is 39.9 Å². The number of rotatable bonds is 6. The number of thioether (sulfide) groups is 1. The molecule has 1 aliphatic rings. The maximum absolute atomic E-state index is 5.58. The number of guanidine groups is 1. The number of oxazole rings is 1. The third kappa shape index (κ3) is 6.11. The molecule has 24 heavy (non-hydrogen) atoms. The molecule has 0 amide bonds. The van der Waals surface area contributed by atoms with E-state index < -0.39 is 0 Å². The standard InChI is InChI=1S/C16H28N4O2S.HI/c1-5-17-15(18-10-14-20-12(2)13(3)22-14)19-11-16(23-4)6-8-21-9-7-16;/h5-11H2,1-4H3,(H2,17,18,19);1H. The number of halogens is 1. The highest BCUT2D eigenvalue weighted by Crippen LogP contribution is 2.32. The number of hydrogen-bond donors (Lipinski definition) is 2. The molecule has 0 spiro atoms. The molecule has 1 fully saturated rings. The lowest BCUT2D eigenvalue weighted by Gasteiger charge is -2.36. The zero-order chi connectivity index (χ0) is 16.7. The van der Waals surface area contributed by atoms with Gasteiger partial charge in [0.15, 0.2) is 5.96 Å². The monoisotopic (exact) mass is 468 g/mol. The Morgan fingerprint density at radius 3 is 2.54 bits per heavy atom. The fourth-order valence-corrected chi connectivity index (χ4v) is 3.33. The Labute approximate surface area is 166 Å². The van der Waals surface area contributed by atoms with Gasteiger partial charge in [0, 0.05) is 31.1 Å². The maximum Gasteiger partial charge on any atom is 0.216 e. The summed E-state index contributed by atoms with van der Waals surface area (Å²) < 4.78 is 11.3. The fourth-order valence-electron chi connectivity index (χ4n) is 2.54. The first-order valence-electron chi connectivity index (χ1n) is 8.16. The van der Waals surface area contributed by atoms with E-state index in [9.17, 15) is 0 Å². The Balaban J connectivity index is 0.00000288. The van der Waals surface area contributed by atoms with Gasteiger partial charge in [-0.3, -0.25) is 0 Å². The van der Waals surface area contributed by atoms with Crippen molar-refractivity contribution in [1.29, 1.82) is 0 Å². The van der Waals surface area contributed by atoms with Crippen LogP contribution in [0.4, 0.5) is 0 Å². The van der Waals surface area contributed by atoms with E-state index in [2.05, 4.69) is 33.8 Å². The maximum atomic E-state index is 5.58. The molecule has 2 N–H and O–H groups in total. The molecule has 0 saturated carbocycles. The van der Waals surface area contributed by atoms with Gasteiger partial charge in [-0.25, -0.2) is 9.98 Å². The molecule has 0 atom stereocenters. The summed E-state index contributed by atoms with van der Waals surface area (Å²) in [7, 11) is 0. The van der Waals surface area contributed by atoms with Gasteiger partial charge in [-0.15, -0.1) is 24.0 Å². The third-order valence-corrected chi connectivity index (χ3v) is 5.62. The molecule has 0 aliphatic carbocycles. The van der Waals surface area contributed by atoms with Crippen LogP contribution in [0.5, 0.6) is 0 Å². The topological polar surface area (TPSA) is 71.7 Å². The van der Waals surface area contributed by atoms with Crippen LogP contribution in [0.1, 0.15) is 37.1 Å². The number of hydrogen-bond acceptors (Lipinski definition) is 5. The third-order valence-electron chi connectivity index (χ3n) is 4.20. The summed E-state index contributed by atoms with van der Waals surface area (Å²) in [5.41, 5.74) is 0.928. The van der Waals surface area contributed by atoms with Gasteiger partial charge >= 0.3 is 0 Å². The van der Waals surface area contributed by atoms with Crippen LogP contribution < -0.4 is 10.6 Å². The van der Waals surface area contributed by atoms with E-state index in [-0.39, 0.29) is 28.7 Å². The minimum Gasteiger partial charge on any atom is -0.444 e. The highest BCUT2D eigenvalue weighted by molar-refractivity contribution is 14.0. The first-order valence-corrected chi connectivity index (χ1v) is 9.39. The molecule has 0 radical (unpaired) electrons. The first-order chi connectivity index (χ1) is 11.1. The number of aliphatic imine (C=N–C) groups is 1. The lowest BCUT2D eigenvalue weighted by molar-refractivity contribution is 0.0783. The lowest BCUT2D eigenvalue weighted by atomic mass is 9.99. The van der Waals surface area contributed by atoms with E-state index in [0.29, 0.717) is 12.4 Å². The smallest absolute Gasteiger partial charge is 0.216 e. The molecule has 8 heteroatoms. The summed E-state index contributed by atoms with van der Waals surface area (Å²) >= 11 is 1.92. The Hall–Kier alpha value is -0.480. The van der Waals surface area contributed by atoms with Crippen molar-refractivity contribution >= 4 is 41.7 Å². The lowest BCUT2D eigenvalue weighted by Crippen LogP contribution is -2.47. The number of aromatic nitrogens is 1. The van der Waals surface area contributed by atoms with Gasteiger partial charge in [0.05, 0.1) is 5.69 Å². The summed E-state index contributed by atoms with van der Waals surface area (Å²) in [6, 6.07) is 0. The van der Waals surface area contributed by atoms with Gasteiger partial charge in [0.2, 0.25) is 5.89 Å². The van der Waals surface area contributed by atoms with Crippen LogP contribution in [0.3, 0.4) is 0 Å². The van der Waals surface area contributed by atoms with E-state index in [0.717, 1.165) is 56.6 Å². The molecule has 2 heterocycles. The number of ether oxygens (including phenoxy) is 1. The molecular formula is C16H29IN4O2S. The van der Waals surface area contributed by atoms with E-state index in [4.69, 9.17) is 9.15 Å². The van der Waals surface area contributed by atoms with E-state index >= 15 is 0 Å². The van der Waals surface area contributed by atoms with Crippen molar-refractivity contribution in [3.8, 4) is 0 Å². The first kappa shape index (κ1) is 21.6. The molecule has 6 nitrogen and oxygen atoms in total. The Morgan fingerprint density at radius 2 is 2.00 bits per heavy atom. The van der Waals surface area contributed by atoms with Gasteiger partial charge in [0.1, 0.15) is 12.3 Å². The van der Waals surface area contributed by atoms with Crippen LogP contribution in [0.25, 0.3) is 0 Å². The van der Waals surface area contributed by atoms with Crippen LogP contribution in [0.2, 0.25) is 0 Å². The zero-order valence-electron chi connectivity index (χ0n) is 15.0. The van der Waals surface area contributed by atoms with Crippen LogP contribution in [-0.2, 0) is 11.3 Å². The molecule has 1 aromatic heterocycles. The van der Waals surface area contributed by atoms with Crippen LogP contribution in [0.15, 0.2) is 9.41 Å². The highest BCUT2D eigenvalue weighted by atomic mass is 127. The van der Waals surface area contributed by atoms with Crippen molar-refractivity contribution < 1.29 is 9.15 Å². The Bertz CT molecular complexity index is 511. The number of nitrogens with one attached hydrogen (secondary N) is 2. The predicted octanol–water partition coefficient (Wildman–Crippen LogP) is 2.88. The van der Waals surface area contributed by atoms with E-state index in [1.165, 1.54) is 0 Å². The number of nitrogens with zero attached hydrogens (tertiary/aromatic N) is 2. The Kier molecular flexibility index (Phi) is 9.43. The van der Waals surface area contributed by atoms with Crippen LogP contribution >= 0.6 is 35.7 Å². The van der Waals surface area contributed by atoms with Crippen LogP contribution in [0, 0.1) is 13.8 Å². The van der Waals surface area contributed by atoms with Gasteiger partial charge in [-0.1, -0.05) is 0 Å². The van der Waals surface area contributed by atoms with Gasteiger partial charge < -0.3 is 19.8 Å². The normalized spacial score (nSPS) is 17.2. The summed E-state index contributed by atoms with van der Waals surface area (Å²) in [4.78, 5) is 8.96. The molecule has 0 unspecified atom stereocenters. The summed E-state index contributed by atoms with van der Waals surface area (Å²) in [6.45, 7) is 9.76. The largest absolute Gasteiger partial charge is 0.444 e. The molecule has 138 valence electrons. The number of aryl methyl sites for hydroxylation is 2. The zero-order valence-corrected chi connectivity index (χ0v) is 18.1. The second kappa shape index (κ2) is 10.5. The van der Waals surface area contributed by atoms with E-state index in [1.807, 2.05) is 25.6 Å². The quantitative estimate of drug-likeness (QED) is 0.380.